The van der Waals surface area contributed by atoms with Gasteiger partial charge in [0.1, 0.15) is 0 Å². The minimum atomic E-state index is 0. The van der Waals surface area contributed by atoms with Crippen molar-refractivity contribution in [3.05, 3.63) is 0 Å². The Hall–Kier alpha value is 0.784. The average molecular weight is 178 g/mol. The minimum Gasteiger partial charge on any atom is -0.0715 e. The maximum atomic E-state index is 2.27. The van der Waals surface area contributed by atoms with E-state index in [2.05, 4.69) is 39.3 Å². The molecule has 9 heavy (non-hydrogen) atoms. The maximum Gasteiger partial charge on any atom is 0.0379 e. The summed E-state index contributed by atoms with van der Waals surface area (Å²) in [6, 6.07) is 0. The first kappa shape index (κ1) is 16.4. The van der Waals surface area contributed by atoms with E-state index in [0.29, 0.717) is 0 Å². The van der Waals surface area contributed by atoms with Crippen LogP contribution in [0.1, 0.15) is 0 Å². The van der Waals surface area contributed by atoms with Gasteiger partial charge in [0.15, 0.2) is 0 Å². The minimum absolute atomic E-state index is 0. The normalized spacial score (nSPS) is 8.00. The molecular formula is C6H18SSi2. The highest BCUT2D eigenvalue weighted by Crippen LogP contribution is 1.68. The van der Waals surface area contributed by atoms with Gasteiger partial charge in [-0.05, 0) is 0 Å². The summed E-state index contributed by atoms with van der Waals surface area (Å²) in [7, 11) is 0.241. The second kappa shape index (κ2) is 11.6. The van der Waals surface area contributed by atoms with Gasteiger partial charge in [-0.25, -0.2) is 0 Å². The van der Waals surface area contributed by atoms with Gasteiger partial charge < -0.3 is 0 Å². The predicted octanol–water partition coefficient (Wildman–Crippen LogP) is 3.39. The third-order valence-corrected chi connectivity index (χ3v) is 0. The summed E-state index contributed by atoms with van der Waals surface area (Å²) >= 11 is 0. The molecule has 0 aromatic carbocycles. The molecule has 0 aromatic rings. The monoisotopic (exact) mass is 178 g/mol. The van der Waals surface area contributed by atoms with Gasteiger partial charge in [0.25, 0.3) is 0 Å². The van der Waals surface area contributed by atoms with Gasteiger partial charge >= 0.3 is 0 Å². The highest BCUT2D eigenvalue weighted by atomic mass is 32.1. The lowest BCUT2D eigenvalue weighted by atomic mass is 11.8. The summed E-state index contributed by atoms with van der Waals surface area (Å²) in [5.41, 5.74) is 0. The molecule has 0 aliphatic heterocycles. The zero-order chi connectivity index (χ0) is 7.15. The molecule has 0 aromatic heterocycles. The van der Waals surface area contributed by atoms with E-state index in [9.17, 15) is 0 Å². The standard InChI is InChI=1S/2C3H9Si.S/c2*1-4(2)3;/h2*1-3H3;. The van der Waals surface area contributed by atoms with Crippen LogP contribution in [0.5, 0.6) is 0 Å². The Kier molecular flexibility index (Phi) is 21.1. The van der Waals surface area contributed by atoms with E-state index < -0.39 is 0 Å². The molecule has 0 bridgehead atoms. The smallest absolute Gasteiger partial charge is 0.0379 e. The Labute approximate surface area is 70.7 Å². The van der Waals surface area contributed by atoms with Gasteiger partial charge in [0.2, 0.25) is 0 Å². The second-order valence-electron chi connectivity index (χ2n) is 3.00. The molecule has 0 saturated heterocycles. The van der Waals surface area contributed by atoms with Crippen LogP contribution in [0.3, 0.4) is 0 Å². The summed E-state index contributed by atoms with van der Waals surface area (Å²) < 4.78 is 0. The van der Waals surface area contributed by atoms with Crippen LogP contribution in [0, 0.1) is 0 Å². The topological polar surface area (TPSA) is 0 Å². The molecule has 0 heterocycles. The van der Waals surface area contributed by atoms with Gasteiger partial charge in [0.05, 0.1) is 0 Å². The molecular weight excluding hydrogens is 160 g/mol. The molecule has 0 aliphatic carbocycles. The summed E-state index contributed by atoms with van der Waals surface area (Å²) in [5.74, 6) is 0. The van der Waals surface area contributed by atoms with Crippen molar-refractivity contribution in [3.8, 4) is 0 Å². The average Bonchev–Trinajstić information content (AvgIpc) is 1.25. The van der Waals surface area contributed by atoms with Crippen molar-refractivity contribution in [3.63, 3.8) is 0 Å². The van der Waals surface area contributed by atoms with Gasteiger partial charge in [-0.3, -0.25) is 0 Å². The largest absolute Gasteiger partial charge is 0.0715 e. The highest BCUT2D eigenvalue weighted by Gasteiger charge is 1.72. The van der Waals surface area contributed by atoms with E-state index in [1.807, 2.05) is 0 Å². The summed E-state index contributed by atoms with van der Waals surface area (Å²) in [4.78, 5) is 0. The first-order valence-electron chi connectivity index (χ1n) is 3.00. The van der Waals surface area contributed by atoms with E-state index in [-0.39, 0.29) is 31.1 Å². The molecule has 0 nitrogen and oxygen atoms in total. The summed E-state index contributed by atoms with van der Waals surface area (Å²) in [6.07, 6.45) is 0. The van der Waals surface area contributed by atoms with Crippen LogP contribution in [0.4, 0.5) is 0 Å². The fourth-order valence-corrected chi connectivity index (χ4v) is 0. The van der Waals surface area contributed by atoms with Crippen molar-refractivity contribution in [1.82, 2.24) is 0 Å². The van der Waals surface area contributed by atoms with Crippen molar-refractivity contribution in [2.24, 2.45) is 0 Å². The van der Waals surface area contributed by atoms with Gasteiger partial charge in [0, 0.05) is 31.1 Å². The van der Waals surface area contributed by atoms with E-state index in [1.54, 1.807) is 0 Å². The van der Waals surface area contributed by atoms with Crippen LogP contribution in [-0.4, -0.2) is 17.6 Å². The lowest BCUT2D eigenvalue weighted by Crippen LogP contribution is -1.84. The quantitative estimate of drug-likeness (QED) is 0.499. The van der Waals surface area contributed by atoms with Crippen LogP contribution in [0.25, 0.3) is 0 Å². The third kappa shape index (κ3) is 658. The van der Waals surface area contributed by atoms with Crippen LogP contribution in [0.2, 0.25) is 39.3 Å². The van der Waals surface area contributed by atoms with Crippen molar-refractivity contribution in [1.29, 1.82) is 0 Å². The Morgan fingerprint density at radius 3 is 0.556 bits per heavy atom. The van der Waals surface area contributed by atoms with E-state index in [1.165, 1.54) is 0 Å². The third-order valence-electron chi connectivity index (χ3n) is 0. The zero-order valence-corrected chi connectivity index (χ0v) is 10.2. The Balaban J connectivity index is -0.0000000720. The van der Waals surface area contributed by atoms with E-state index in [4.69, 9.17) is 0 Å². The first-order valence-corrected chi connectivity index (χ1v) is 9.00. The Morgan fingerprint density at radius 1 is 0.556 bits per heavy atom. The SMILES string of the molecule is C[Si](C)C.C[Si](C)C.[S]. The predicted molar refractivity (Wildman–Crippen MR) is 54.3 cm³/mol. The van der Waals surface area contributed by atoms with Crippen molar-refractivity contribution in [2.75, 3.05) is 0 Å². The molecule has 3 heteroatoms. The summed E-state index contributed by atoms with van der Waals surface area (Å²) in [5, 5.41) is 0. The number of rotatable bonds is 0. The van der Waals surface area contributed by atoms with Crippen LogP contribution >= 0.6 is 13.5 Å². The molecule has 0 unspecified atom stereocenters. The van der Waals surface area contributed by atoms with Gasteiger partial charge in [-0.2, -0.15) is 0 Å². The maximum absolute atomic E-state index is 2.27. The fraction of sp³-hybridized carbons (Fsp3) is 1.00. The first-order chi connectivity index (χ1) is 3.46. The van der Waals surface area contributed by atoms with Crippen molar-refractivity contribution >= 4 is 31.1 Å². The molecule has 0 N–H and O–H groups in total. The van der Waals surface area contributed by atoms with Gasteiger partial charge in [-0.1, -0.05) is 39.3 Å². The van der Waals surface area contributed by atoms with E-state index >= 15 is 0 Å². The van der Waals surface area contributed by atoms with E-state index in [0.717, 1.165) is 0 Å². The second-order valence-corrected chi connectivity index (χ2v) is 9.00. The molecule has 0 atom stereocenters. The molecule has 4 radical (unpaired) electrons. The van der Waals surface area contributed by atoms with Crippen molar-refractivity contribution in [2.45, 2.75) is 39.3 Å². The van der Waals surface area contributed by atoms with Crippen LogP contribution in [-0.2, 0) is 0 Å². The highest BCUT2D eigenvalue weighted by molar-refractivity contribution is 7.59. The molecule has 0 amide bonds. The molecule has 0 saturated carbocycles. The summed E-state index contributed by atoms with van der Waals surface area (Å²) in [6.45, 7) is 13.6. The molecule has 0 aliphatic rings. The zero-order valence-electron chi connectivity index (χ0n) is 7.41. The Morgan fingerprint density at radius 2 is 0.556 bits per heavy atom. The Bertz CT molecular complexity index is 26.5. The van der Waals surface area contributed by atoms with Crippen molar-refractivity contribution < 1.29 is 0 Å². The molecule has 56 valence electrons. The van der Waals surface area contributed by atoms with Crippen LogP contribution < -0.4 is 0 Å². The van der Waals surface area contributed by atoms with Gasteiger partial charge in [-0.15, -0.1) is 0 Å². The van der Waals surface area contributed by atoms with Crippen LogP contribution in [0.15, 0.2) is 0 Å². The number of hydrogen-bond acceptors (Lipinski definition) is 0. The fourth-order valence-electron chi connectivity index (χ4n) is 0. The lowest BCUT2D eigenvalue weighted by Gasteiger charge is -1.75. The molecule has 0 rings (SSSR count). The number of hydrogen-bond donors (Lipinski definition) is 0. The molecule has 0 fully saturated rings. The lowest BCUT2D eigenvalue weighted by molar-refractivity contribution is 1.91. The molecule has 0 spiro atoms.